The predicted octanol–water partition coefficient (Wildman–Crippen LogP) is 4.91. The number of hydrogen-bond acceptors (Lipinski definition) is 5. The van der Waals surface area contributed by atoms with Crippen molar-refractivity contribution < 1.29 is 18.3 Å². The average molecular weight is 361 g/mol. The molecule has 2 aromatic rings. The minimum atomic E-state index is -3.50. The van der Waals surface area contributed by atoms with Crippen LogP contribution in [0.3, 0.4) is 0 Å². The van der Waals surface area contributed by atoms with Crippen LogP contribution in [0, 0.1) is 0 Å². The molecule has 0 aliphatic rings. The molecule has 134 valence electrons. The number of aliphatic imine (C=N–C) groups is 1. The van der Waals surface area contributed by atoms with Crippen molar-refractivity contribution in [3.63, 3.8) is 0 Å². The third-order valence-corrected chi connectivity index (χ3v) is 5.57. The van der Waals surface area contributed by atoms with Gasteiger partial charge < -0.3 is 13.8 Å². The Labute approximate surface area is 149 Å². The molecular formula is C19H24NO4P. The molecule has 0 saturated carbocycles. The van der Waals surface area contributed by atoms with Gasteiger partial charge >= 0.3 is 7.60 Å². The lowest BCUT2D eigenvalue weighted by Gasteiger charge is -2.19. The van der Waals surface area contributed by atoms with E-state index in [1.165, 1.54) is 0 Å². The maximum atomic E-state index is 13.3. The molecule has 0 N–H and O–H groups in total. The molecule has 0 saturated heterocycles. The average Bonchev–Trinajstić information content (AvgIpc) is 2.63. The number of rotatable bonds is 9. The van der Waals surface area contributed by atoms with Gasteiger partial charge in [0.15, 0.2) is 5.45 Å². The normalized spacial score (nSPS) is 12.2. The molecule has 2 aromatic carbocycles. The van der Waals surface area contributed by atoms with Gasteiger partial charge in [0, 0.05) is 5.56 Å². The summed E-state index contributed by atoms with van der Waals surface area (Å²) in [6.07, 6.45) is 0. The van der Waals surface area contributed by atoms with Crippen LogP contribution in [0.1, 0.15) is 25.0 Å². The first-order chi connectivity index (χ1) is 12.1. The van der Waals surface area contributed by atoms with Crippen molar-refractivity contribution in [1.29, 1.82) is 0 Å². The summed E-state index contributed by atoms with van der Waals surface area (Å²) in [4.78, 5) is 4.59. The summed E-state index contributed by atoms with van der Waals surface area (Å²) >= 11 is 0. The van der Waals surface area contributed by atoms with Gasteiger partial charge in [-0.25, -0.2) is 0 Å². The lowest BCUT2D eigenvalue weighted by molar-refractivity contribution is 0.232. The summed E-state index contributed by atoms with van der Waals surface area (Å²) in [5.41, 5.74) is 2.05. The Morgan fingerprint density at radius 2 is 1.56 bits per heavy atom. The van der Waals surface area contributed by atoms with Crippen molar-refractivity contribution in [2.75, 3.05) is 20.3 Å². The molecule has 0 fully saturated rings. The first-order valence-electron chi connectivity index (χ1n) is 8.25. The second-order valence-corrected chi connectivity index (χ2v) is 7.12. The number of benzene rings is 2. The number of nitrogens with zero attached hydrogens (tertiary/aromatic N) is 1. The lowest BCUT2D eigenvalue weighted by atomic mass is 10.2. The number of ether oxygens (including phenoxy) is 1. The van der Waals surface area contributed by atoms with Crippen molar-refractivity contribution in [3.05, 3.63) is 65.7 Å². The highest BCUT2D eigenvalue weighted by atomic mass is 31.2. The Kier molecular flexibility index (Phi) is 7.38. The third-order valence-electron chi connectivity index (χ3n) is 3.46. The van der Waals surface area contributed by atoms with Crippen LogP contribution in [-0.2, 0) is 20.2 Å². The van der Waals surface area contributed by atoms with Crippen molar-refractivity contribution in [1.82, 2.24) is 0 Å². The number of hydrogen-bond donors (Lipinski definition) is 0. The monoisotopic (exact) mass is 361 g/mol. The highest BCUT2D eigenvalue weighted by Gasteiger charge is 2.32. The summed E-state index contributed by atoms with van der Waals surface area (Å²) in [7, 11) is -1.90. The minimum Gasteiger partial charge on any atom is -0.497 e. The van der Waals surface area contributed by atoms with Gasteiger partial charge in [-0.1, -0.05) is 30.3 Å². The Hall–Kier alpha value is -1.94. The molecular weight excluding hydrogens is 337 g/mol. The second kappa shape index (κ2) is 9.52. The van der Waals surface area contributed by atoms with Gasteiger partial charge in [0.25, 0.3) is 0 Å². The van der Waals surface area contributed by atoms with E-state index in [9.17, 15) is 4.57 Å². The number of methoxy groups -OCH3 is 1. The largest absolute Gasteiger partial charge is 0.497 e. The molecule has 6 heteroatoms. The molecule has 0 aliphatic carbocycles. The fourth-order valence-corrected chi connectivity index (χ4v) is 4.03. The molecule has 0 radical (unpaired) electrons. The van der Waals surface area contributed by atoms with Gasteiger partial charge in [-0.05, 0) is 43.7 Å². The molecule has 0 aliphatic heterocycles. The Morgan fingerprint density at radius 3 is 2.08 bits per heavy atom. The third kappa shape index (κ3) is 5.27. The maximum Gasteiger partial charge on any atom is 0.379 e. The lowest BCUT2D eigenvalue weighted by Crippen LogP contribution is -2.09. The summed E-state index contributed by atoms with van der Waals surface area (Å²) < 4.78 is 29.5. The van der Waals surface area contributed by atoms with Gasteiger partial charge in [-0.2, -0.15) is 0 Å². The van der Waals surface area contributed by atoms with Crippen LogP contribution in [0.2, 0.25) is 0 Å². The van der Waals surface area contributed by atoms with E-state index in [4.69, 9.17) is 13.8 Å². The van der Waals surface area contributed by atoms with E-state index in [-0.39, 0.29) is 13.2 Å². The molecule has 0 spiro atoms. The molecule has 0 unspecified atom stereocenters. The van der Waals surface area contributed by atoms with Crippen LogP contribution in [0.15, 0.2) is 59.6 Å². The molecule has 0 bridgehead atoms. The van der Waals surface area contributed by atoms with E-state index in [0.717, 1.165) is 5.56 Å². The SMILES string of the molecule is CCOP(=O)(OCC)C(=NCc1ccccc1)c1ccc(OC)cc1. The van der Waals surface area contributed by atoms with Crippen LogP contribution < -0.4 is 4.74 Å². The first-order valence-corrected chi connectivity index (χ1v) is 9.79. The van der Waals surface area contributed by atoms with Gasteiger partial charge in [0.05, 0.1) is 26.9 Å². The minimum absolute atomic E-state index is 0.276. The van der Waals surface area contributed by atoms with Crippen molar-refractivity contribution in [2.45, 2.75) is 20.4 Å². The van der Waals surface area contributed by atoms with Crippen LogP contribution >= 0.6 is 7.60 Å². The molecule has 0 atom stereocenters. The van der Waals surface area contributed by atoms with E-state index in [1.807, 2.05) is 42.5 Å². The van der Waals surface area contributed by atoms with E-state index in [1.54, 1.807) is 33.1 Å². The zero-order chi connectivity index (χ0) is 18.1. The van der Waals surface area contributed by atoms with Crippen molar-refractivity contribution in [2.24, 2.45) is 4.99 Å². The summed E-state index contributed by atoms with van der Waals surface area (Å²) in [5, 5.41) is 0. The standard InChI is InChI=1S/C19H24NO4P/c1-4-23-25(21,24-5-2)19(17-11-13-18(22-3)14-12-17)20-15-16-9-7-6-8-10-16/h6-14H,4-5,15H2,1-3H3. The van der Waals surface area contributed by atoms with Gasteiger partial charge in [0.2, 0.25) is 0 Å². The molecule has 0 aromatic heterocycles. The van der Waals surface area contributed by atoms with Crippen molar-refractivity contribution >= 4 is 13.0 Å². The quantitative estimate of drug-likeness (QED) is 0.470. The Bertz CT molecular complexity index is 719. The van der Waals surface area contributed by atoms with Crippen LogP contribution in [0.4, 0.5) is 0 Å². The molecule has 25 heavy (non-hydrogen) atoms. The fourth-order valence-electron chi connectivity index (χ4n) is 2.33. The zero-order valence-electron chi connectivity index (χ0n) is 14.8. The van der Waals surface area contributed by atoms with E-state index >= 15 is 0 Å². The van der Waals surface area contributed by atoms with Gasteiger partial charge in [0.1, 0.15) is 5.75 Å². The van der Waals surface area contributed by atoms with Crippen LogP contribution in [0.25, 0.3) is 0 Å². The summed E-state index contributed by atoms with van der Waals surface area (Å²) in [5.74, 6) is 0.716. The van der Waals surface area contributed by atoms with E-state index in [2.05, 4.69) is 4.99 Å². The topological polar surface area (TPSA) is 57.1 Å². The highest BCUT2D eigenvalue weighted by Crippen LogP contribution is 2.52. The van der Waals surface area contributed by atoms with Gasteiger partial charge in [-0.15, -0.1) is 0 Å². The highest BCUT2D eigenvalue weighted by molar-refractivity contribution is 7.73. The van der Waals surface area contributed by atoms with E-state index in [0.29, 0.717) is 23.3 Å². The molecule has 0 heterocycles. The fraction of sp³-hybridized carbons (Fsp3) is 0.316. The zero-order valence-corrected chi connectivity index (χ0v) is 15.7. The maximum absolute atomic E-state index is 13.3. The van der Waals surface area contributed by atoms with Crippen LogP contribution in [0.5, 0.6) is 5.75 Å². The predicted molar refractivity (Wildman–Crippen MR) is 101 cm³/mol. The first kappa shape index (κ1) is 19.4. The Balaban J connectivity index is 2.43. The van der Waals surface area contributed by atoms with Crippen LogP contribution in [-0.4, -0.2) is 25.8 Å². The van der Waals surface area contributed by atoms with Gasteiger partial charge in [-0.3, -0.25) is 9.56 Å². The van der Waals surface area contributed by atoms with Crippen molar-refractivity contribution in [3.8, 4) is 5.75 Å². The second-order valence-electron chi connectivity index (χ2n) is 5.19. The van der Waals surface area contributed by atoms with E-state index < -0.39 is 7.60 Å². The molecule has 0 amide bonds. The summed E-state index contributed by atoms with van der Waals surface area (Å²) in [6, 6.07) is 17.0. The molecule has 2 rings (SSSR count). The Morgan fingerprint density at radius 1 is 0.960 bits per heavy atom. The molecule has 5 nitrogen and oxygen atoms in total. The summed E-state index contributed by atoms with van der Waals surface area (Å²) in [6.45, 7) is 4.52. The smallest absolute Gasteiger partial charge is 0.379 e.